The fraction of sp³-hybridized carbons (Fsp3) is 0.360. The Labute approximate surface area is 212 Å². The van der Waals surface area contributed by atoms with Gasteiger partial charge in [0.25, 0.3) is 11.8 Å². The number of amides is 2. The van der Waals surface area contributed by atoms with E-state index in [9.17, 15) is 14.0 Å². The molecular weight excluding hydrogens is 485 g/mol. The van der Waals surface area contributed by atoms with Crippen molar-refractivity contribution in [1.29, 1.82) is 0 Å². The Hall–Kier alpha value is -3.84. The highest BCUT2D eigenvalue weighted by Gasteiger charge is 2.51. The second-order valence-corrected chi connectivity index (χ2v) is 9.85. The fourth-order valence-electron chi connectivity index (χ4n) is 5.33. The number of nitrogen functional groups attached to an aromatic ring is 1. The number of carbonyl (C=O) groups is 2. The number of halogens is 2. The number of aromatic nitrogens is 4. The van der Waals surface area contributed by atoms with E-state index in [-0.39, 0.29) is 40.3 Å². The molecule has 0 radical (unpaired) electrons. The first-order valence-electron chi connectivity index (χ1n) is 11.6. The van der Waals surface area contributed by atoms with E-state index in [1.165, 1.54) is 6.07 Å². The van der Waals surface area contributed by atoms with Crippen LogP contribution in [0.5, 0.6) is 0 Å². The van der Waals surface area contributed by atoms with E-state index in [0.29, 0.717) is 29.9 Å². The van der Waals surface area contributed by atoms with Crippen LogP contribution in [0.2, 0.25) is 5.02 Å². The molecular formula is C25H25ClFN7O2. The van der Waals surface area contributed by atoms with Crippen molar-refractivity contribution < 1.29 is 14.0 Å². The lowest BCUT2D eigenvalue weighted by Gasteiger charge is -2.45. The minimum atomic E-state index is -0.681. The quantitative estimate of drug-likeness (QED) is 0.512. The van der Waals surface area contributed by atoms with Gasteiger partial charge in [0.1, 0.15) is 22.9 Å². The van der Waals surface area contributed by atoms with Gasteiger partial charge in [0.15, 0.2) is 0 Å². The monoisotopic (exact) mass is 509 g/mol. The summed E-state index contributed by atoms with van der Waals surface area (Å²) < 4.78 is 17.0. The lowest BCUT2D eigenvalue weighted by Crippen LogP contribution is -2.42. The van der Waals surface area contributed by atoms with Gasteiger partial charge in [-0.05, 0) is 49.2 Å². The number of hydrogen-bond donors (Lipinski definition) is 2. The molecule has 1 saturated carbocycles. The van der Waals surface area contributed by atoms with Crippen molar-refractivity contribution in [2.45, 2.75) is 38.8 Å². The van der Waals surface area contributed by atoms with Crippen LogP contribution >= 0.6 is 11.6 Å². The molecule has 0 unspecified atom stereocenters. The minimum Gasteiger partial charge on any atom is -0.383 e. The molecule has 3 aromatic rings. The fourth-order valence-corrected chi connectivity index (χ4v) is 5.51. The second-order valence-electron chi connectivity index (χ2n) is 9.47. The van der Waals surface area contributed by atoms with Gasteiger partial charge in [-0.1, -0.05) is 29.7 Å². The highest BCUT2D eigenvalue weighted by atomic mass is 35.5. The zero-order valence-electron chi connectivity index (χ0n) is 19.7. The van der Waals surface area contributed by atoms with Crippen molar-refractivity contribution in [2.24, 2.45) is 11.1 Å². The van der Waals surface area contributed by atoms with Crippen molar-refractivity contribution in [2.75, 3.05) is 18.8 Å². The smallest absolute Gasteiger partial charge is 0.298 e. The lowest BCUT2D eigenvalue weighted by molar-refractivity contribution is -0.125. The van der Waals surface area contributed by atoms with Crippen molar-refractivity contribution in [3.8, 4) is 23.1 Å². The first-order valence-corrected chi connectivity index (χ1v) is 11.9. The zero-order valence-corrected chi connectivity index (χ0v) is 20.4. The maximum atomic E-state index is 13.8. The summed E-state index contributed by atoms with van der Waals surface area (Å²) in [5, 5.41) is 9.02. The predicted molar refractivity (Wildman–Crippen MR) is 132 cm³/mol. The van der Waals surface area contributed by atoms with Gasteiger partial charge in [-0.25, -0.2) is 9.07 Å². The first-order chi connectivity index (χ1) is 17.2. The van der Waals surface area contributed by atoms with Crippen molar-refractivity contribution in [3.05, 3.63) is 52.6 Å². The summed E-state index contributed by atoms with van der Waals surface area (Å²) in [6.45, 7) is 3.23. The van der Waals surface area contributed by atoms with Gasteiger partial charge in [-0.15, -0.1) is 0 Å². The lowest BCUT2D eigenvalue weighted by atomic mass is 9.65. The van der Waals surface area contributed by atoms with Crippen LogP contribution in [0.25, 0.3) is 11.3 Å². The molecule has 4 N–H and O–H groups in total. The average molecular weight is 510 g/mol. The third kappa shape index (κ3) is 4.09. The molecule has 1 aromatic carbocycles. The number of primary amides is 1. The molecule has 9 nitrogen and oxygen atoms in total. The number of nitrogens with zero attached hydrogens (tertiary/aromatic N) is 5. The highest BCUT2D eigenvalue weighted by Crippen LogP contribution is 2.54. The number of anilines is 1. The maximum Gasteiger partial charge on any atom is 0.298 e. The van der Waals surface area contributed by atoms with Gasteiger partial charge in [0, 0.05) is 24.8 Å². The number of nitrogens with two attached hydrogens (primary N) is 2. The van der Waals surface area contributed by atoms with Gasteiger partial charge in [0.2, 0.25) is 0 Å². The van der Waals surface area contributed by atoms with E-state index in [0.717, 1.165) is 19.3 Å². The van der Waals surface area contributed by atoms with Gasteiger partial charge < -0.3 is 16.4 Å². The predicted octanol–water partition coefficient (Wildman–Crippen LogP) is 2.85. The Morgan fingerprint density at radius 3 is 2.83 bits per heavy atom. The zero-order chi connectivity index (χ0) is 25.6. The Morgan fingerprint density at radius 2 is 2.11 bits per heavy atom. The number of likely N-dealkylation sites (tertiary alicyclic amines) is 1. The van der Waals surface area contributed by atoms with Crippen LogP contribution in [0.4, 0.5) is 10.2 Å². The van der Waals surface area contributed by atoms with Gasteiger partial charge >= 0.3 is 0 Å². The number of carbonyl (C=O) groups excluding carboxylic acids is 2. The molecule has 11 heteroatoms. The Morgan fingerprint density at radius 1 is 1.33 bits per heavy atom. The highest BCUT2D eigenvalue weighted by molar-refractivity contribution is 6.31. The van der Waals surface area contributed by atoms with Crippen LogP contribution < -0.4 is 11.5 Å². The molecule has 3 heterocycles. The molecule has 1 spiro atoms. The Bertz CT molecular complexity index is 1430. The normalized spacial score (nSPS) is 20.8. The van der Waals surface area contributed by atoms with Gasteiger partial charge in [0.05, 0.1) is 23.8 Å². The van der Waals surface area contributed by atoms with E-state index < -0.39 is 11.7 Å². The summed E-state index contributed by atoms with van der Waals surface area (Å²) in [7, 11) is 0. The van der Waals surface area contributed by atoms with E-state index in [4.69, 9.17) is 23.1 Å². The van der Waals surface area contributed by atoms with Crippen molar-refractivity contribution in [3.63, 3.8) is 0 Å². The molecule has 0 bridgehead atoms. The molecule has 2 amide bonds. The van der Waals surface area contributed by atoms with E-state index >= 15 is 0 Å². The Kier molecular flexibility index (Phi) is 5.96. The molecule has 1 aliphatic heterocycles. The van der Waals surface area contributed by atoms with Crippen molar-refractivity contribution >= 4 is 29.2 Å². The molecule has 0 atom stereocenters. The largest absolute Gasteiger partial charge is 0.383 e. The molecule has 36 heavy (non-hydrogen) atoms. The van der Waals surface area contributed by atoms with Crippen molar-refractivity contribution in [1.82, 2.24) is 24.5 Å². The molecule has 186 valence electrons. The van der Waals surface area contributed by atoms with E-state index in [2.05, 4.69) is 22.0 Å². The van der Waals surface area contributed by atoms with Crippen LogP contribution in [0, 0.1) is 23.1 Å². The number of rotatable bonds is 5. The minimum absolute atomic E-state index is 0.00898. The third-order valence-electron chi connectivity index (χ3n) is 7.11. The molecule has 2 fully saturated rings. The molecule has 1 saturated heterocycles. The van der Waals surface area contributed by atoms with Crippen LogP contribution in [0.15, 0.2) is 30.6 Å². The third-order valence-corrected chi connectivity index (χ3v) is 7.53. The van der Waals surface area contributed by atoms with E-state index in [1.54, 1.807) is 45.7 Å². The van der Waals surface area contributed by atoms with Gasteiger partial charge in [-0.2, -0.15) is 10.2 Å². The summed E-state index contributed by atoms with van der Waals surface area (Å²) in [6.07, 6.45) is 5.72. The second kappa shape index (κ2) is 8.99. The standard InChI is InChI=1S/C25H25ClFN7O2/c1-2-4-19(35)32-8-7-25(14-32)9-17(10-25)34-23(28)20(24(29)36)22(31-34)16-11-30-33(13-16)12-15-5-3-6-18(27)21(15)26/h3,5-6,11,13,17H,7-10,12,14,28H2,1H3,(H2,29,36). The topological polar surface area (TPSA) is 125 Å². The summed E-state index contributed by atoms with van der Waals surface area (Å²) in [4.78, 5) is 26.2. The number of benzene rings is 1. The van der Waals surface area contributed by atoms with Crippen LogP contribution in [0.3, 0.4) is 0 Å². The van der Waals surface area contributed by atoms with Crippen LogP contribution in [-0.4, -0.2) is 49.4 Å². The molecule has 5 rings (SSSR count). The average Bonchev–Trinajstić information content (AvgIpc) is 3.53. The summed E-state index contributed by atoms with van der Waals surface area (Å²) in [5.74, 6) is 4.14. The SMILES string of the molecule is CC#CC(=O)N1CCC2(CC(n3nc(-c4cnn(Cc5cccc(F)c5Cl)c4)c(C(N)=O)c3N)C2)C1. The number of hydrogen-bond acceptors (Lipinski definition) is 5. The summed E-state index contributed by atoms with van der Waals surface area (Å²) in [6, 6.07) is 4.58. The maximum absolute atomic E-state index is 13.8. The molecule has 2 aliphatic rings. The van der Waals surface area contributed by atoms with Crippen LogP contribution in [-0.2, 0) is 11.3 Å². The molecule has 1 aliphatic carbocycles. The first kappa shape index (κ1) is 23.9. The molecule has 2 aromatic heterocycles. The van der Waals surface area contributed by atoms with E-state index in [1.807, 2.05) is 0 Å². The summed E-state index contributed by atoms with van der Waals surface area (Å²) in [5.41, 5.74) is 13.7. The van der Waals surface area contributed by atoms with Gasteiger partial charge in [-0.3, -0.25) is 14.3 Å². The Balaban J connectivity index is 1.37. The summed E-state index contributed by atoms with van der Waals surface area (Å²) >= 11 is 6.07. The van der Waals surface area contributed by atoms with Crippen LogP contribution in [0.1, 0.15) is 48.1 Å².